The summed E-state index contributed by atoms with van der Waals surface area (Å²) in [7, 11) is 0. The Balaban J connectivity index is 1.66. The molecular weight excluding hydrogens is 449 g/mol. The molecule has 0 aliphatic rings. The van der Waals surface area contributed by atoms with Crippen molar-refractivity contribution in [1.29, 1.82) is 0 Å². The third kappa shape index (κ3) is 4.72. The Bertz CT molecular complexity index is 1300. The van der Waals surface area contributed by atoms with Gasteiger partial charge in [-0.1, -0.05) is 77.3 Å². The Morgan fingerprint density at radius 1 is 0.938 bits per heavy atom. The van der Waals surface area contributed by atoms with Gasteiger partial charge in [0.2, 0.25) is 0 Å². The van der Waals surface area contributed by atoms with Crippen molar-refractivity contribution in [3.05, 3.63) is 99.8 Å². The highest BCUT2D eigenvalue weighted by Gasteiger charge is 2.21. The summed E-state index contributed by atoms with van der Waals surface area (Å²) in [6, 6.07) is 21.2. The summed E-state index contributed by atoms with van der Waals surface area (Å²) in [5, 5.41) is 5.06. The Morgan fingerprint density at radius 2 is 1.72 bits per heavy atom. The molecule has 3 aromatic carbocycles. The number of rotatable bonds is 6. The number of halogens is 2. The monoisotopic (exact) mass is 465 g/mol. The number of esters is 1. The fourth-order valence-electron chi connectivity index (χ4n) is 3.07. The van der Waals surface area contributed by atoms with Gasteiger partial charge in [-0.05, 0) is 31.2 Å². The average Bonchev–Trinajstić information content (AvgIpc) is 3.25. The number of ketones is 1. The van der Waals surface area contributed by atoms with Crippen molar-refractivity contribution in [2.24, 2.45) is 0 Å². The average molecular weight is 466 g/mol. The van der Waals surface area contributed by atoms with Gasteiger partial charge in [-0.25, -0.2) is 14.5 Å². The van der Waals surface area contributed by atoms with E-state index in [0.29, 0.717) is 27.1 Å². The van der Waals surface area contributed by atoms with Gasteiger partial charge in [0.15, 0.2) is 18.2 Å². The van der Waals surface area contributed by atoms with E-state index in [1.54, 1.807) is 48.5 Å². The van der Waals surface area contributed by atoms with Gasteiger partial charge in [-0.3, -0.25) is 4.79 Å². The van der Waals surface area contributed by atoms with Crippen LogP contribution < -0.4 is 0 Å². The smallest absolute Gasteiger partial charge is 0.378 e. The second kappa shape index (κ2) is 9.34. The van der Waals surface area contributed by atoms with Crippen molar-refractivity contribution in [2.45, 2.75) is 6.92 Å². The molecule has 0 radical (unpaired) electrons. The molecule has 0 aliphatic carbocycles. The first-order chi connectivity index (χ1) is 15.4. The van der Waals surface area contributed by atoms with Gasteiger partial charge in [0.05, 0.1) is 15.7 Å². The number of hydrogen-bond acceptors (Lipinski definition) is 5. The third-order valence-electron chi connectivity index (χ3n) is 4.64. The van der Waals surface area contributed by atoms with E-state index in [4.69, 9.17) is 27.9 Å². The summed E-state index contributed by atoms with van der Waals surface area (Å²) in [6.45, 7) is 1.54. The van der Waals surface area contributed by atoms with Crippen LogP contribution >= 0.6 is 23.2 Å². The van der Waals surface area contributed by atoms with E-state index in [-0.39, 0.29) is 11.6 Å². The summed E-state index contributed by atoms with van der Waals surface area (Å²) < 4.78 is 6.67. The minimum Gasteiger partial charge on any atom is -0.451 e. The molecule has 0 amide bonds. The Kier molecular flexibility index (Phi) is 6.35. The van der Waals surface area contributed by atoms with E-state index in [1.807, 2.05) is 31.2 Å². The molecule has 6 nitrogen and oxygen atoms in total. The molecule has 0 bridgehead atoms. The van der Waals surface area contributed by atoms with E-state index < -0.39 is 12.6 Å². The predicted molar refractivity (Wildman–Crippen MR) is 123 cm³/mol. The van der Waals surface area contributed by atoms with Gasteiger partial charge in [-0.15, -0.1) is 5.10 Å². The maximum Gasteiger partial charge on any atom is 0.378 e. The van der Waals surface area contributed by atoms with E-state index in [9.17, 15) is 9.59 Å². The molecule has 8 heteroatoms. The number of carbonyl (C=O) groups is 2. The largest absolute Gasteiger partial charge is 0.451 e. The van der Waals surface area contributed by atoms with Crippen LogP contribution in [0.4, 0.5) is 0 Å². The molecule has 0 saturated heterocycles. The molecule has 0 aliphatic heterocycles. The summed E-state index contributed by atoms with van der Waals surface area (Å²) in [5.41, 5.74) is 2.80. The molecule has 0 fully saturated rings. The molecule has 0 atom stereocenters. The van der Waals surface area contributed by atoms with Crippen LogP contribution in [0.5, 0.6) is 0 Å². The first kappa shape index (κ1) is 21.7. The van der Waals surface area contributed by atoms with Crippen molar-refractivity contribution in [1.82, 2.24) is 14.8 Å². The van der Waals surface area contributed by atoms with Crippen LogP contribution in [0.1, 0.15) is 26.5 Å². The maximum absolute atomic E-state index is 12.6. The number of carbonyl (C=O) groups excluding carboxylic acids is 2. The van der Waals surface area contributed by atoms with E-state index in [1.165, 1.54) is 4.68 Å². The number of nitrogens with zero attached hydrogens (tertiary/aromatic N) is 3. The standard InChI is InChI=1S/C24H17Cl2N3O3/c1-15-6-5-9-17(12-15)23-27-22(28-29(23)18-10-11-19(25)20(26)13-18)24(31)32-14-21(30)16-7-3-2-4-8-16/h2-13H,14H2,1H3. The maximum atomic E-state index is 12.6. The number of aromatic nitrogens is 3. The highest BCUT2D eigenvalue weighted by Crippen LogP contribution is 2.27. The molecule has 0 saturated carbocycles. The lowest BCUT2D eigenvalue weighted by Crippen LogP contribution is -2.15. The number of hydrogen-bond donors (Lipinski definition) is 0. The number of benzene rings is 3. The normalized spacial score (nSPS) is 10.7. The lowest BCUT2D eigenvalue weighted by atomic mass is 10.1. The van der Waals surface area contributed by atoms with Gasteiger partial charge in [0.25, 0.3) is 5.82 Å². The predicted octanol–water partition coefficient (Wildman–Crippen LogP) is 5.59. The zero-order valence-electron chi connectivity index (χ0n) is 17.0. The zero-order chi connectivity index (χ0) is 22.7. The van der Waals surface area contributed by atoms with Crippen molar-refractivity contribution >= 4 is 35.0 Å². The first-order valence-electron chi connectivity index (χ1n) is 9.67. The molecule has 32 heavy (non-hydrogen) atoms. The molecule has 160 valence electrons. The lowest BCUT2D eigenvalue weighted by Gasteiger charge is -2.07. The van der Waals surface area contributed by atoms with Gasteiger partial charge in [0.1, 0.15) is 0 Å². The molecule has 1 aromatic heterocycles. The van der Waals surface area contributed by atoms with E-state index in [0.717, 1.165) is 11.1 Å². The second-order valence-corrected chi connectivity index (χ2v) is 7.82. The molecule has 4 aromatic rings. The lowest BCUT2D eigenvalue weighted by molar-refractivity contribution is 0.0462. The fourth-order valence-corrected chi connectivity index (χ4v) is 3.36. The molecule has 0 N–H and O–H groups in total. The Labute approximate surface area is 194 Å². The second-order valence-electron chi connectivity index (χ2n) is 7.00. The summed E-state index contributed by atoms with van der Waals surface area (Å²) in [4.78, 5) is 29.3. The molecule has 1 heterocycles. The van der Waals surface area contributed by atoms with Crippen molar-refractivity contribution in [2.75, 3.05) is 6.61 Å². The number of aryl methyl sites for hydroxylation is 1. The van der Waals surface area contributed by atoms with Crippen LogP contribution in [0.25, 0.3) is 17.1 Å². The van der Waals surface area contributed by atoms with E-state index >= 15 is 0 Å². The van der Waals surface area contributed by atoms with Crippen molar-refractivity contribution in [3.63, 3.8) is 0 Å². The molecular formula is C24H17Cl2N3O3. The van der Waals surface area contributed by atoms with Crippen LogP contribution in [-0.2, 0) is 4.74 Å². The fraction of sp³-hybridized carbons (Fsp3) is 0.0833. The van der Waals surface area contributed by atoms with Crippen LogP contribution in [0.15, 0.2) is 72.8 Å². The summed E-state index contributed by atoms with van der Waals surface area (Å²) >= 11 is 12.2. The van der Waals surface area contributed by atoms with Crippen molar-refractivity contribution < 1.29 is 14.3 Å². The van der Waals surface area contributed by atoms with E-state index in [2.05, 4.69) is 10.1 Å². The van der Waals surface area contributed by atoms with Gasteiger partial charge in [-0.2, -0.15) is 0 Å². The first-order valence-corrected chi connectivity index (χ1v) is 10.4. The van der Waals surface area contributed by atoms with Crippen LogP contribution in [0.2, 0.25) is 10.0 Å². The van der Waals surface area contributed by atoms with Gasteiger partial charge in [0, 0.05) is 11.1 Å². The highest BCUT2D eigenvalue weighted by atomic mass is 35.5. The van der Waals surface area contributed by atoms with Gasteiger partial charge >= 0.3 is 5.97 Å². The van der Waals surface area contributed by atoms with Gasteiger partial charge < -0.3 is 4.74 Å². The minimum absolute atomic E-state index is 0.173. The quantitative estimate of drug-likeness (QED) is 0.274. The highest BCUT2D eigenvalue weighted by molar-refractivity contribution is 6.42. The molecule has 0 unspecified atom stereocenters. The molecule has 4 rings (SSSR count). The number of ether oxygens (including phenoxy) is 1. The Hall–Kier alpha value is -3.48. The topological polar surface area (TPSA) is 74.1 Å². The minimum atomic E-state index is -0.804. The SMILES string of the molecule is Cc1cccc(-c2nc(C(=O)OCC(=O)c3ccccc3)nn2-c2ccc(Cl)c(Cl)c2)c1. The van der Waals surface area contributed by atoms with Crippen LogP contribution in [0, 0.1) is 6.92 Å². The molecule has 0 spiro atoms. The third-order valence-corrected chi connectivity index (χ3v) is 5.38. The Morgan fingerprint density at radius 3 is 2.44 bits per heavy atom. The van der Waals surface area contributed by atoms with Crippen molar-refractivity contribution in [3.8, 4) is 17.1 Å². The summed E-state index contributed by atoms with van der Waals surface area (Å²) in [5.74, 6) is -0.870. The summed E-state index contributed by atoms with van der Waals surface area (Å²) in [6.07, 6.45) is 0. The number of Topliss-reactive ketones (excluding diaryl/α,β-unsaturated/α-hetero) is 1. The van der Waals surface area contributed by atoms with Crippen LogP contribution in [-0.4, -0.2) is 33.1 Å². The zero-order valence-corrected chi connectivity index (χ0v) is 18.5. The van der Waals surface area contributed by atoms with Crippen LogP contribution in [0.3, 0.4) is 0 Å².